The number of ether oxygens (including phenoxy) is 2. The third-order valence-corrected chi connectivity index (χ3v) is 6.17. The summed E-state index contributed by atoms with van der Waals surface area (Å²) < 4.78 is 10.3. The van der Waals surface area contributed by atoms with Crippen LogP contribution >= 0.6 is 11.3 Å². The van der Waals surface area contributed by atoms with E-state index >= 15 is 0 Å². The zero-order valence-electron chi connectivity index (χ0n) is 19.3. The summed E-state index contributed by atoms with van der Waals surface area (Å²) >= 11 is 1.20. The zero-order valence-corrected chi connectivity index (χ0v) is 20.1. The number of carbonyl (C=O) groups excluding carboxylic acids is 4. The van der Waals surface area contributed by atoms with Crippen LogP contribution in [0, 0.1) is 6.92 Å². The minimum atomic E-state index is -1.01. The Kier molecular flexibility index (Phi) is 8.48. The molecule has 0 radical (unpaired) electrons. The van der Waals surface area contributed by atoms with Crippen LogP contribution in [-0.2, 0) is 30.3 Å². The number of nitrogens with one attached hydrogen (secondary N) is 3. The van der Waals surface area contributed by atoms with Crippen molar-refractivity contribution in [1.82, 2.24) is 20.9 Å². The van der Waals surface area contributed by atoms with Crippen molar-refractivity contribution < 1.29 is 28.7 Å². The van der Waals surface area contributed by atoms with Crippen LogP contribution in [0.15, 0.2) is 36.5 Å². The van der Waals surface area contributed by atoms with Crippen LogP contribution in [0.3, 0.4) is 0 Å². The number of thiazole rings is 1. The first-order valence-corrected chi connectivity index (χ1v) is 11.5. The Morgan fingerprint density at radius 3 is 2.47 bits per heavy atom. The van der Waals surface area contributed by atoms with E-state index in [9.17, 15) is 19.2 Å². The molecule has 3 N–H and O–H groups in total. The maximum Gasteiger partial charge on any atom is 0.263 e. The minimum absolute atomic E-state index is 0.0816. The molecular weight excluding hydrogens is 460 g/mol. The minimum Gasteiger partial charge on any atom is -0.382 e. The van der Waals surface area contributed by atoms with Gasteiger partial charge in [0, 0.05) is 7.11 Å². The zero-order chi connectivity index (χ0) is 24.7. The van der Waals surface area contributed by atoms with Crippen molar-refractivity contribution in [2.75, 3.05) is 26.9 Å². The van der Waals surface area contributed by atoms with Gasteiger partial charge in [-0.3, -0.25) is 19.2 Å². The lowest BCUT2D eigenvalue weighted by atomic mass is 9.95. The Hall–Kier alpha value is -3.15. The second-order valence-electron chi connectivity index (χ2n) is 8.14. The fourth-order valence-corrected chi connectivity index (χ4v) is 3.94. The number of hydrogen-bond donors (Lipinski definition) is 3. The Bertz CT molecular complexity index is 1040. The fraction of sp³-hybridized carbons (Fsp3) is 0.435. The Labute approximate surface area is 201 Å². The number of benzene rings is 1. The van der Waals surface area contributed by atoms with Crippen LogP contribution in [0.25, 0.3) is 0 Å². The van der Waals surface area contributed by atoms with Crippen LogP contribution in [0.1, 0.15) is 27.2 Å². The first-order chi connectivity index (χ1) is 16.2. The van der Waals surface area contributed by atoms with Crippen molar-refractivity contribution in [3.05, 3.63) is 52.0 Å². The predicted octanol–water partition coefficient (Wildman–Crippen LogP) is 0.398. The van der Waals surface area contributed by atoms with Crippen molar-refractivity contribution in [3.63, 3.8) is 0 Å². The van der Waals surface area contributed by atoms with Crippen molar-refractivity contribution in [2.24, 2.45) is 0 Å². The third kappa shape index (κ3) is 6.92. The lowest BCUT2D eigenvalue weighted by Gasteiger charge is -2.21. The molecule has 1 aromatic heterocycles. The number of aryl methyl sites for hydroxylation is 1. The number of nitrogens with zero attached hydrogens (tertiary/aromatic N) is 1. The molecule has 3 rings (SSSR count). The molecule has 1 aliphatic heterocycles. The van der Waals surface area contributed by atoms with Crippen LogP contribution in [0.2, 0.25) is 0 Å². The topological polar surface area (TPSA) is 139 Å². The highest BCUT2D eigenvalue weighted by Crippen LogP contribution is 2.29. The lowest BCUT2D eigenvalue weighted by molar-refractivity contribution is -0.131. The molecule has 3 atom stereocenters. The van der Waals surface area contributed by atoms with Gasteiger partial charge in [-0.2, -0.15) is 0 Å². The van der Waals surface area contributed by atoms with Crippen LogP contribution in [0.4, 0.5) is 0 Å². The van der Waals surface area contributed by atoms with Crippen molar-refractivity contribution in [3.8, 4) is 0 Å². The van der Waals surface area contributed by atoms with E-state index in [1.165, 1.54) is 24.6 Å². The number of methoxy groups -OCH3 is 1. The molecule has 11 heteroatoms. The molecule has 2 aromatic rings. The average molecular weight is 489 g/mol. The summed E-state index contributed by atoms with van der Waals surface area (Å²) in [6, 6.07) is 7.50. The van der Waals surface area contributed by atoms with E-state index < -0.39 is 35.4 Å². The van der Waals surface area contributed by atoms with Gasteiger partial charge in [0.25, 0.3) is 5.91 Å². The molecule has 1 aromatic carbocycles. The van der Waals surface area contributed by atoms with Gasteiger partial charge in [-0.05, 0) is 25.8 Å². The van der Waals surface area contributed by atoms with Gasteiger partial charge in [0.15, 0.2) is 5.78 Å². The highest BCUT2D eigenvalue weighted by atomic mass is 32.1. The number of ketones is 1. The molecule has 182 valence electrons. The van der Waals surface area contributed by atoms with Crippen LogP contribution < -0.4 is 16.0 Å². The molecule has 1 aliphatic rings. The number of hydrogen-bond acceptors (Lipinski definition) is 8. The molecule has 0 saturated carbocycles. The molecule has 0 aliphatic carbocycles. The number of epoxide rings is 1. The second-order valence-corrected chi connectivity index (χ2v) is 9.37. The average Bonchev–Trinajstić information content (AvgIpc) is 3.42. The Morgan fingerprint density at radius 1 is 1.18 bits per heavy atom. The standard InChI is InChI=1S/C23H28N4O6S/c1-14-24-10-18(34-14)22(31)27-17(12-32-3)21(30)25-11-19(28)26-16(20(29)23(2)13-33-23)9-15-7-5-4-6-8-15/h4-8,10,16-17H,9,11-13H2,1-3H3,(H,25,30)(H,26,28)(H,27,31)/t16-,17?,23?/m0/s1. The molecule has 3 amide bonds. The van der Waals surface area contributed by atoms with Gasteiger partial charge in [0.2, 0.25) is 11.8 Å². The van der Waals surface area contributed by atoms with Crippen molar-refractivity contribution >= 4 is 34.8 Å². The summed E-state index contributed by atoms with van der Waals surface area (Å²) in [6.45, 7) is 3.31. The summed E-state index contributed by atoms with van der Waals surface area (Å²) in [7, 11) is 1.40. The number of Topliss-reactive ketones (excluding diaryl/α,β-unsaturated/α-hetero) is 1. The predicted molar refractivity (Wildman–Crippen MR) is 124 cm³/mol. The van der Waals surface area contributed by atoms with E-state index in [0.717, 1.165) is 10.6 Å². The maximum absolute atomic E-state index is 12.9. The van der Waals surface area contributed by atoms with Crippen LogP contribution in [-0.4, -0.2) is 73.0 Å². The molecular formula is C23H28N4O6S. The molecule has 2 heterocycles. The number of rotatable bonds is 12. The maximum atomic E-state index is 12.9. The van der Waals surface area contributed by atoms with E-state index in [0.29, 0.717) is 17.9 Å². The number of carbonyl (C=O) groups is 4. The lowest BCUT2D eigenvalue weighted by Crippen LogP contribution is -2.53. The molecule has 1 fully saturated rings. The van der Waals surface area contributed by atoms with E-state index in [2.05, 4.69) is 20.9 Å². The number of aromatic nitrogens is 1. The van der Waals surface area contributed by atoms with Crippen LogP contribution in [0.5, 0.6) is 0 Å². The first-order valence-electron chi connectivity index (χ1n) is 10.7. The molecule has 10 nitrogen and oxygen atoms in total. The normalized spacial score (nSPS) is 18.4. The third-order valence-electron chi connectivity index (χ3n) is 5.26. The highest BCUT2D eigenvalue weighted by molar-refractivity contribution is 7.13. The monoisotopic (exact) mass is 488 g/mol. The van der Waals surface area contributed by atoms with Gasteiger partial charge in [-0.15, -0.1) is 11.3 Å². The van der Waals surface area contributed by atoms with E-state index in [1.807, 2.05) is 30.3 Å². The smallest absolute Gasteiger partial charge is 0.263 e. The Morgan fingerprint density at radius 2 is 1.88 bits per heavy atom. The molecule has 34 heavy (non-hydrogen) atoms. The summed E-state index contributed by atoms with van der Waals surface area (Å²) in [5.41, 5.74) is -0.0191. The number of amides is 3. The first kappa shape index (κ1) is 25.5. The van der Waals surface area contributed by atoms with Crippen molar-refractivity contribution in [2.45, 2.75) is 38.0 Å². The molecule has 0 bridgehead atoms. The van der Waals surface area contributed by atoms with E-state index in [-0.39, 0.29) is 18.9 Å². The van der Waals surface area contributed by atoms with Gasteiger partial charge in [0.1, 0.15) is 16.5 Å². The quantitative estimate of drug-likeness (QED) is 0.368. The highest BCUT2D eigenvalue weighted by Gasteiger charge is 2.50. The van der Waals surface area contributed by atoms with Gasteiger partial charge in [-0.1, -0.05) is 30.3 Å². The summed E-state index contributed by atoms with van der Waals surface area (Å²) in [5.74, 6) is -1.80. The molecule has 1 saturated heterocycles. The van der Waals surface area contributed by atoms with Gasteiger partial charge in [-0.25, -0.2) is 4.98 Å². The van der Waals surface area contributed by atoms with Gasteiger partial charge >= 0.3 is 0 Å². The second kappa shape index (κ2) is 11.3. The molecule has 0 spiro atoms. The van der Waals surface area contributed by atoms with Gasteiger partial charge < -0.3 is 25.4 Å². The van der Waals surface area contributed by atoms with E-state index in [1.54, 1.807) is 13.8 Å². The largest absolute Gasteiger partial charge is 0.382 e. The van der Waals surface area contributed by atoms with E-state index in [4.69, 9.17) is 9.47 Å². The summed E-state index contributed by atoms with van der Waals surface area (Å²) in [5, 5.41) is 8.50. The van der Waals surface area contributed by atoms with Crippen molar-refractivity contribution in [1.29, 1.82) is 0 Å². The Balaban J connectivity index is 1.57. The fourth-order valence-electron chi connectivity index (χ4n) is 3.26. The SMILES string of the molecule is COCC(NC(=O)c1cnc(C)s1)C(=O)NCC(=O)N[C@@H](Cc1ccccc1)C(=O)C1(C)CO1. The van der Waals surface area contributed by atoms with Gasteiger partial charge in [0.05, 0.1) is 37.0 Å². The summed E-state index contributed by atoms with van der Waals surface area (Å²) in [6.07, 6.45) is 1.73. The summed E-state index contributed by atoms with van der Waals surface area (Å²) in [4.78, 5) is 54.8. The molecule has 2 unspecified atom stereocenters.